The van der Waals surface area contributed by atoms with E-state index in [4.69, 9.17) is 0 Å². The van der Waals surface area contributed by atoms with Crippen LogP contribution in [0, 0.1) is 11.8 Å². The second-order valence-corrected chi connectivity index (χ2v) is 6.13. The lowest BCUT2D eigenvalue weighted by Crippen LogP contribution is -2.47. The summed E-state index contributed by atoms with van der Waals surface area (Å²) in [4.78, 5) is 0. The average Bonchev–Trinajstić information content (AvgIpc) is 2.17. The second kappa shape index (κ2) is 4.22. The summed E-state index contributed by atoms with van der Waals surface area (Å²) in [6, 6.07) is 0.841. The number of nitrogens with one attached hydrogen (secondary N) is 1. The van der Waals surface area contributed by atoms with Crippen LogP contribution in [0.25, 0.3) is 0 Å². The Balaban J connectivity index is 1.91. The van der Waals surface area contributed by atoms with Crippen LogP contribution in [-0.2, 0) is 0 Å². The van der Waals surface area contributed by atoms with Gasteiger partial charge in [0.25, 0.3) is 0 Å². The molecule has 76 valence electrons. The van der Waals surface area contributed by atoms with Crippen LogP contribution in [0.4, 0.5) is 0 Å². The standard InChI is InChI=1S/C11H21NS/c1-8(2)9-3-4-10-11(7-9)13-6-5-12-10/h8-12H,3-7H2,1-2H3. The Morgan fingerprint density at radius 1 is 1.31 bits per heavy atom. The van der Waals surface area contributed by atoms with Gasteiger partial charge in [0, 0.05) is 23.6 Å². The molecule has 0 radical (unpaired) electrons. The Morgan fingerprint density at radius 3 is 2.92 bits per heavy atom. The van der Waals surface area contributed by atoms with E-state index in [1.54, 1.807) is 0 Å². The van der Waals surface area contributed by atoms with Gasteiger partial charge in [0.05, 0.1) is 0 Å². The summed E-state index contributed by atoms with van der Waals surface area (Å²) in [7, 11) is 0. The molecule has 0 aromatic heterocycles. The fourth-order valence-electron chi connectivity index (χ4n) is 2.64. The largest absolute Gasteiger partial charge is 0.312 e. The van der Waals surface area contributed by atoms with Gasteiger partial charge in [-0.1, -0.05) is 13.8 Å². The van der Waals surface area contributed by atoms with Gasteiger partial charge in [-0.05, 0) is 31.1 Å². The lowest BCUT2D eigenvalue weighted by atomic mass is 9.79. The molecule has 2 heteroatoms. The third kappa shape index (κ3) is 2.21. The number of rotatable bonds is 1. The average molecular weight is 199 g/mol. The van der Waals surface area contributed by atoms with Crippen molar-refractivity contribution in [1.82, 2.24) is 5.32 Å². The molecule has 1 aliphatic carbocycles. The fourth-order valence-corrected chi connectivity index (χ4v) is 4.02. The summed E-state index contributed by atoms with van der Waals surface area (Å²) in [5, 5.41) is 4.59. The minimum atomic E-state index is 0.841. The summed E-state index contributed by atoms with van der Waals surface area (Å²) >= 11 is 2.21. The summed E-state index contributed by atoms with van der Waals surface area (Å²) in [5.41, 5.74) is 0. The number of hydrogen-bond acceptors (Lipinski definition) is 2. The van der Waals surface area contributed by atoms with E-state index < -0.39 is 0 Å². The zero-order chi connectivity index (χ0) is 9.26. The Kier molecular flexibility index (Phi) is 3.20. The van der Waals surface area contributed by atoms with Gasteiger partial charge in [0.2, 0.25) is 0 Å². The molecule has 2 fully saturated rings. The molecule has 3 atom stereocenters. The maximum atomic E-state index is 3.66. The lowest BCUT2D eigenvalue weighted by molar-refractivity contribution is 0.244. The molecular weight excluding hydrogens is 178 g/mol. The molecule has 1 saturated heterocycles. The van der Waals surface area contributed by atoms with Crippen molar-refractivity contribution in [1.29, 1.82) is 0 Å². The summed E-state index contributed by atoms with van der Waals surface area (Å²) < 4.78 is 0. The minimum Gasteiger partial charge on any atom is -0.312 e. The van der Waals surface area contributed by atoms with E-state index in [-0.39, 0.29) is 0 Å². The molecule has 0 aromatic carbocycles. The van der Waals surface area contributed by atoms with E-state index in [0.717, 1.165) is 23.1 Å². The van der Waals surface area contributed by atoms with Crippen LogP contribution in [0.2, 0.25) is 0 Å². The van der Waals surface area contributed by atoms with E-state index in [1.807, 2.05) is 0 Å². The number of fused-ring (bicyclic) bond motifs is 1. The van der Waals surface area contributed by atoms with Gasteiger partial charge in [0.15, 0.2) is 0 Å². The third-order valence-corrected chi connectivity index (χ3v) is 5.00. The first-order chi connectivity index (χ1) is 6.27. The third-order valence-electron chi connectivity index (χ3n) is 3.62. The first kappa shape index (κ1) is 9.85. The molecule has 1 nitrogen and oxygen atoms in total. The number of hydrogen-bond donors (Lipinski definition) is 1. The Hall–Kier alpha value is 0.310. The maximum Gasteiger partial charge on any atom is 0.0204 e. The summed E-state index contributed by atoms with van der Waals surface area (Å²) in [6.07, 6.45) is 4.33. The Labute approximate surface area is 86.0 Å². The second-order valence-electron chi connectivity index (χ2n) is 4.79. The van der Waals surface area contributed by atoms with Crippen LogP contribution in [0.5, 0.6) is 0 Å². The SMILES string of the molecule is CC(C)C1CCC2NCCSC2C1. The van der Waals surface area contributed by atoms with Crippen molar-refractivity contribution in [2.75, 3.05) is 12.3 Å². The monoisotopic (exact) mass is 199 g/mol. The molecule has 1 N–H and O–H groups in total. The van der Waals surface area contributed by atoms with Gasteiger partial charge < -0.3 is 5.32 Å². The van der Waals surface area contributed by atoms with Crippen LogP contribution in [0.1, 0.15) is 33.1 Å². The molecular formula is C11H21NS. The predicted molar refractivity (Wildman–Crippen MR) is 60.2 cm³/mol. The Bertz CT molecular complexity index is 169. The number of thioether (sulfide) groups is 1. The van der Waals surface area contributed by atoms with Crippen molar-refractivity contribution in [2.45, 2.75) is 44.4 Å². The minimum absolute atomic E-state index is 0.841. The first-order valence-corrected chi connectivity index (χ1v) is 6.67. The highest BCUT2D eigenvalue weighted by atomic mass is 32.2. The van der Waals surface area contributed by atoms with Gasteiger partial charge in [-0.2, -0.15) is 11.8 Å². The highest BCUT2D eigenvalue weighted by Crippen LogP contribution is 2.37. The van der Waals surface area contributed by atoms with Crippen LogP contribution >= 0.6 is 11.8 Å². The molecule has 3 unspecified atom stereocenters. The van der Waals surface area contributed by atoms with Gasteiger partial charge in [-0.3, -0.25) is 0 Å². The van der Waals surface area contributed by atoms with Crippen LogP contribution in [-0.4, -0.2) is 23.6 Å². The molecule has 2 aliphatic rings. The van der Waals surface area contributed by atoms with Crippen molar-refractivity contribution in [3.05, 3.63) is 0 Å². The van der Waals surface area contributed by atoms with Gasteiger partial charge in [-0.25, -0.2) is 0 Å². The molecule has 0 amide bonds. The smallest absolute Gasteiger partial charge is 0.0204 e. The first-order valence-electron chi connectivity index (χ1n) is 5.62. The maximum absolute atomic E-state index is 3.66. The summed E-state index contributed by atoms with van der Waals surface area (Å²) in [6.45, 7) is 6.00. The zero-order valence-corrected chi connectivity index (χ0v) is 9.57. The van der Waals surface area contributed by atoms with E-state index in [0.29, 0.717) is 0 Å². The topological polar surface area (TPSA) is 12.0 Å². The van der Waals surface area contributed by atoms with Crippen molar-refractivity contribution in [3.8, 4) is 0 Å². The van der Waals surface area contributed by atoms with Crippen molar-refractivity contribution in [2.24, 2.45) is 11.8 Å². The highest BCUT2D eigenvalue weighted by molar-refractivity contribution is 8.00. The van der Waals surface area contributed by atoms with Gasteiger partial charge in [0.1, 0.15) is 0 Å². The van der Waals surface area contributed by atoms with Crippen LogP contribution in [0.3, 0.4) is 0 Å². The van der Waals surface area contributed by atoms with Gasteiger partial charge in [-0.15, -0.1) is 0 Å². The van der Waals surface area contributed by atoms with E-state index >= 15 is 0 Å². The molecule has 13 heavy (non-hydrogen) atoms. The highest BCUT2D eigenvalue weighted by Gasteiger charge is 2.33. The molecule has 1 saturated carbocycles. The molecule has 0 aromatic rings. The van der Waals surface area contributed by atoms with Crippen molar-refractivity contribution < 1.29 is 0 Å². The van der Waals surface area contributed by atoms with Crippen molar-refractivity contribution in [3.63, 3.8) is 0 Å². The zero-order valence-electron chi connectivity index (χ0n) is 8.75. The van der Waals surface area contributed by atoms with Gasteiger partial charge >= 0.3 is 0 Å². The lowest BCUT2D eigenvalue weighted by Gasteiger charge is -2.40. The molecule has 0 bridgehead atoms. The molecule has 1 aliphatic heterocycles. The predicted octanol–water partition coefficient (Wildman–Crippen LogP) is 2.52. The van der Waals surface area contributed by atoms with Crippen LogP contribution in [0.15, 0.2) is 0 Å². The van der Waals surface area contributed by atoms with Crippen molar-refractivity contribution >= 4 is 11.8 Å². The summed E-state index contributed by atoms with van der Waals surface area (Å²) in [5.74, 6) is 3.21. The molecule has 1 heterocycles. The van der Waals surface area contributed by atoms with Crippen LogP contribution < -0.4 is 5.32 Å². The molecule has 0 spiro atoms. The quantitative estimate of drug-likeness (QED) is 0.696. The van der Waals surface area contributed by atoms with E-state index in [2.05, 4.69) is 30.9 Å². The van der Waals surface area contributed by atoms with E-state index in [9.17, 15) is 0 Å². The van der Waals surface area contributed by atoms with E-state index in [1.165, 1.54) is 31.6 Å². The normalized spacial score (nSPS) is 40.4. The fraction of sp³-hybridized carbons (Fsp3) is 1.00. The Morgan fingerprint density at radius 2 is 2.15 bits per heavy atom. The molecule has 2 rings (SSSR count).